The molecule has 0 radical (unpaired) electrons. The van der Waals surface area contributed by atoms with Gasteiger partial charge in [0.2, 0.25) is 0 Å². The Morgan fingerprint density at radius 1 is 0.952 bits per heavy atom. The number of aliphatic hydroxyl groups is 1. The molecule has 3 N–H and O–H groups in total. The Bertz CT molecular complexity index is 1650. The molecular weight excluding hydrogens is 537 g/mol. The monoisotopic (exact) mass is 573 g/mol. The minimum Gasteiger partial charge on any atom is -0.508 e. The van der Waals surface area contributed by atoms with E-state index in [4.69, 9.17) is 20.0 Å². The molecule has 5 aromatic rings. The number of fused-ring (bicyclic) bond motifs is 1. The van der Waals surface area contributed by atoms with Gasteiger partial charge < -0.3 is 20.1 Å². The molecule has 0 saturated carbocycles. The SMILES string of the molecule is CC(C)(C)O.CCc1c(C)nc2cc(-c3cccc(-c4ccc(F)cc4O)c3)nn2c1-c1ccc(O)cc1.COC=O. The summed E-state index contributed by atoms with van der Waals surface area (Å²) in [5.74, 6) is -0.384. The molecular formula is C33H36FN3O5. The number of rotatable bonds is 5. The van der Waals surface area contributed by atoms with Crippen molar-refractivity contribution in [1.29, 1.82) is 0 Å². The number of aromatic hydroxyl groups is 2. The van der Waals surface area contributed by atoms with Gasteiger partial charge in [-0.2, -0.15) is 5.10 Å². The minimum atomic E-state index is -0.500. The van der Waals surface area contributed by atoms with E-state index in [0.29, 0.717) is 12.0 Å². The number of nitrogens with zero attached hydrogens (tertiary/aromatic N) is 3. The van der Waals surface area contributed by atoms with Crippen LogP contribution >= 0.6 is 0 Å². The molecule has 0 saturated heterocycles. The number of carbonyl (C=O) groups is 1. The van der Waals surface area contributed by atoms with Gasteiger partial charge in [0.15, 0.2) is 5.65 Å². The molecule has 5 rings (SSSR count). The van der Waals surface area contributed by atoms with E-state index in [0.717, 1.165) is 57.5 Å². The van der Waals surface area contributed by atoms with Crippen LogP contribution in [-0.2, 0) is 16.0 Å². The average molecular weight is 574 g/mol. The van der Waals surface area contributed by atoms with Crippen LogP contribution in [0.25, 0.3) is 39.3 Å². The summed E-state index contributed by atoms with van der Waals surface area (Å²) in [6.45, 7) is 9.68. The summed E-state index contributed by atoms with van der Waals surface area (Å²) in [6.07, 6.45) is 0.791. The normalized spacial score (nSPS) is 10.8. The van der Waals surface area contributed by atoms with Crippen LogP contribution in [0.3, 0.4) is 0 Å². The van der Waals surface area contributed by atoms with Gasteiger partial charge >= 0.3 is 0 Å². The number of carbonyl (C=O) groups excluding carboxylic acids is 1. The Hall–Kier alpha value is -4.76. The van der Waals surface area contributed by atoms with E-state index in [1.165, 1.54) is 13.2 Å². The summed E-state index contributed by atoms with van der Waals surface area (Å²) in [4.78, 5) is 13.7. The standard InChI is InChI=1S/C27H22FN3O2.C4H10O.C2H4O2/c1-3-22-16(2)29-26-15-24(30-31(26)27(22)17-7-10-21(32)11-8-17)19-6-4-5-18(13-19)23-12-9-20(28)14-25(23)33;1-4(2,3)5;1-4-2-3/h4-15,32-33H,3H2,1-2H3;5H,1-3H3;2H,1H3. The second-order valence-corrected chi connectivity index (χ2v) is 10.5. The van der Waals surface area contributed by atoms with Crippen molar-refractivity contribution in [2.24, 2.45) is 0 Å². The van der Waals surface area contributed by atoms with Crippen LogP contribution in [0.4, 0.5) is 4.39 Å². The average Bonchev–Trinajstić information content (AvgIpc) is 3.36. The predicted octanol–water partition coefficient (Wildman–Crippen LogP) is 6.72. The topological polar surface area (TPSA) is 117 Å². The molecule has 0 aliphatic rings. The van der Waals surface area contributed by atoms with Crippen molar-refractivity contribution < 1.29 is 29.2 Å². The third-order valence-electron chi connectivity index (χ3n) is 5.93. The maximum Gasteiger partial charge on any atom is 0.292 e. The van der Waals surface area contributed by atoms with Gasteiger partial charge in [-0.25, -0.2) is 13.9 Å². The van der Waals surface area contributed by atoms with Crippen molar-refractivity contribution in [3.63, 3.8) is 0 Å². The van der Waals surface area contributed by atoms with Crippen molar-refractivity contribution >= 4 is 12.1 Å². The molecule has 0 fully saturated rings. The number of hydrogen-bond donors (Lipinski definition) is 3. The van der Waals surface area contributed by atoms with E-state index in [9.17, 15) is 14.6 Å². The number of aryl methyl sites for hydroxylation is 1. The van der Waals surface area contributed by atoms with Gasteiger partial charge in [0.1, 0.15) is 17.3 Å². The molecule has 0 unspecified atom stereocenters. The molecule has 0 atom stereocenters. The molecule has 220 valence electrons. The Balaban J connectivity index is 0.000000473. The van der Waals surface area contributed by atoms with Gasteiger partial charge in [-0.3, -0.25) is 4.79 Å². The van der Waals surface area contributed by atoms with Crippen LogP contribution in [0.2, 0.25) is 0 Å². The third-order valence-corrected chi connectivity index (χ3v) is 5.93. The summed E-state index contributed by atoms with van der Waals surface area (Å²) in [5, 5.41) is 33.3. The fourth-order valence-corrected chi connectivity index (χ4v) is 4.23. The smallest absolute Gasteiger partial charge is 0.292 e. The zero-order valence-corrected chi connectivity index (χ0v) is 24.6. The Morgan fingerprint density at radius 2 is 1.57 bits per heavy atom. The van der Waals surface area contributed by atoms with Gasteiger partial charge in [0, 0.05) is 34.5 Å². The van der Waals surface area contributed by atoms with Crippen molar-refractivity contribution in [1.82, 2.24) is 14.6 Å². The maximum absolute atomic E-state index is 13.4. The zero-order chi connectivity index (χ0) is 31.0. The highest BCUT2D eigenvalue weighted by molar-refractivity contribution is 5.77. The lowest BCUT2D eigenvalue weighted by Gasteiger charge is -2.13. The van der Waals surface area contributed by atoms with Crippen molar-refractivity contribution in [3.05, 3.63) is 89.9 Å². The summed E-state index contributed by atoms with van der Waals surface area (Å²) in [5.41, 5.74) is 7.04. The number of ether oxygens (including phenoxy) is 1. The lowest BCUT2D eigenvalue weighted by Crippen LogP contribution is -2.10. The molecule has 2 heterocycles. The maximum atomic E-state index is 13.4. The summed E-state index contributed by atoms with van der Waals surface area (Å²) in [7, 11) is 1.31. The third kappa shape index (κ3) is 8.14. The van der Waals surface area contributed by atoms with E-state index in [2.05, 4.69) is 11.7 Å². The van der Waals surface area contributed by atoms with Crippen LogP contribution in [-0.4, -0.2) is 49.1 Å². The fourth-order valence-electron chi connectivity index (χ4n) is 4.23. The van der Waals surface area contributed by atoms with Crippen LogP contribution < -0.4 is 0 Å². The van der Waals surface area contributed by atoms with Crippen LogP contribution in [0.1, 0.15) is 39.0 Å². The molecule has 8 nitrogen and oxygen atoms in total. The molecule has 0 aliphatic carbocycles. The number of aromatic nitrogens is 3. The second kappa shape index (κ2) is 13.7. The van der Waals surface area contributed by atoms with E-state index in [-0.39, 0.29) is 11.5 Å². The lowest BCUT2D eigenvalue weighted by atomic mass is 10.0. The lowest BCUT2D eigenvalue weighted by molar-refractivity contribution is -0.126. The largest absolute Gasteiger partial charge is 0.508 e. The van der Waals surface area contributed by atoms with Gasteiger partial charge in [-0.05, 0) is 87.7 Å². The Labute approximate surface area is 244 Å². The molecule has 9 heteroatoms. The van der Waals surface area contributed by atoms with E-state index in [1.807, 2.05) is 53.9 Å². The molecule has 3 aromatic carbocycles. The summed E-state index contributed by atoms with van der Waals surface area (Å²) in [6, 6.07) is 20.6. The number of benzene rings is 3. The molecule has 2 aromatic heterocycles. The van der Waals surface area contributed by atoms with Crippen LogP contribution in [0.5, 0.6) is 11.5 Å². The number of hydrogen-bond acceptors (Lipinski definition) is 7. The Morgan fingerprint density at radius 3 is 2.14 bits per heavy atom. The van der Waals surface area contributed by atoms with Gasteiger partial charge in [0.25, 0.3) is 6.47 Å². The molecule has 0 aliphatic heterocycles. The number of methoxy groups -OCH3 is 1. The number of halogens is 1. The van der Waals surface area contributed by atoms with Crippen LogP contribution in [0.15, 0.2) is 72.8 Å². The highest BCUT2D eigenvalue weighted by Gasteiger charge is 2.17. The first kappa shape index (κ1) is 31.8. The highest BCUT2D eigenvalue weighted by atomic mass is 19.1. The highest BCUT2D eigenvalue weighted by Crippen LogP contribution is 2.34. The molecule has 42 heavy (non-hydrogen) atoms. The molecule has 0 amide bonds. The van der Waals surface area contributed by atoms with Crippen molar-refractivity contribution in [3.8, 4) is 45.1 Å². The number of phenolic OH excluding ortho intramolecular Hbond substituents is 2. The van der Waals surface area contributed by atoms with Gasteiger partial charge in [0.05, 0.1) is 24.1 Å². The van der Waals surface area contributed by atoms with Crippen LogP contribution in [0, 0.1) is 12.7 Å². The summed E-state index contributed by atoms with van der Waals surface area (Å²) >= 11 is 0. The first-order chi connectivity index (χ1) is 19.9. The van der Waals surface area contributed by atoms with E-state index < -0.39 is 11.4 Å². The van der Waals surface area contributed by atoms with E-state index in [1.54, 1.807) is 39.0 Å². The minimum absolute atomic E-state index is 0.110. The Kier molecular flexibility index (Phi) is 10.4. The summed E-state index contributed by atoms with van der Waals surface area (Å²) < 4.78 is 19.1. The van der Waals surface area contributed by atoms with E-state index >= 15 is 0 Å². The van der Waals surface area contributed by atoms with Crippen molar-refractivity contribution in [2.45, 2.75) is 46.6 Å². The fraction of sp³-hybridized carbons (Fsp3) is 0.242. The second-order valence-electron chi connectivity index (χ2n) is 10.5. The first-order valence-electron chi connectivity index (χ1n) is 13.3. The molecule has 0 bridgehead atoms. The number of phenols is 2. The van der Waals surface area contributed by atoms with Gasteiger partial charge in [-0.1, -0.05) is 25.1 Å². The quantitative estimate of drug-likeness (QED) is 0.200. The van der Waals surface area contributed by atoms with Gasteiger partial charge in [-0.15, -0.1) is 0 Å². The predicted molar refractivity (Wildman–Crippen MR) is 162 cm³/mol. The van der Waals surface area contributed by atoms with Crippen molar-refractivity contribution in [2.75, 3.05) is 7.11 Å². The first-order valence-corrected chi connectivity index (χ1v) is 13.3. The zero-order valence-electron chi connectivity index (χ0n) is 24.6. The molecule has 0 spiro atoms.